The Bertz CT molecular complexity index is 267. The first-order valence-electron chi connectivity index (χ1n) is 5.76. The SMILES string of the molecule is CN(CCNCc1cccs1)CC1CC1. The Kier molecular flexibility index (Phi) is 4.18. The van der Waals surface area contributed by atoms with Gasteiger partial charge in [0.2, 0.25) is 0 Å². The van der Waals surface area contributed by atoms with Gasteiger partial charge in [0.15, 0.2) is 0 Å². The zero-order valence-electron chi connectivity index (χ0n) is 9.41. The molecule has 0 spiro atoms. The van der Waals surface area contributed by atoms with E-state index in [2.05, 4.69) is 34.8 Å². The number of likely N-dealkylation sites (N-methyl/N-ethyl adjacent to an activating group) is 1. The monoisotopic (exact) mass is 224 g/mol. The third-order valence-electron chi connectivity index (χ3n) is 2.82. The summed E-state index contributed by atoms with van der Waals surface area (Å²) in [7, 11) is 2.23. The van der Waals surface area contributed by atoms with Crippen molar-refractivity contribution >= 4 is 11.3 Å². The van der Waals surface area contributed by atoms with Gasteiger partial charge in [-0.15, -0.1) is 11.3 Å². The van der Waals surface area contributed by atoms with Gasteiger partial charge in [-0.05, 0) is 37.3 Å². The maximum Gasteiger partial charge on any atom is 0.0300 e. The molecular formula is C12H20N2S. The highest BCUT2D eigenvalue weighted by Crippen LogP contribution is 2.29. The average Bonchev–Trinajstić information content (AvgIpc) is 2.87. The van der Waals surface area contributed by atoms with E-state index in [1.54, 1.807) is 0 Å². The first-order valence-corrected chi connectivity index (χ1v) is 6.64. The van der Waals surface area contributed by atoms with Crippen LogP contribution in [0.3, 0.4) is 0 Å². The molecule has 1 aromatic heterocycles. The maximum atomic E-state index is 3.48. The summed E-state index contributed by atoms with van der Waals surface area (Å²) in [6, 6.07) is 4.30. The quantitative estimate of drug-likeness (QED) is 0.714. The van der Waals surface area contributed by atoms with Gasteiger partial charge in [-0.1, -0.05) is 6.07 Å². The van der Waals surface area contributed by atoms with Crippen LogP contribution in [0.2, 0.25) is 0 Å². The fraction of sp³-hybridized carbons (Fsp3) is 0.667. The lowest BCUT2D eigenvalue weighted by Crippen LogP contribution is -2.30. The van der Waals surface area contributed by atoms with E-state index in [9.17, 15) is 0 Å². The van der Waals surface area contributed by atoms with Crippen LogP contribution in [0.5, 0.6) is 0 Å². The normalized spacial score (nSPS) is 16.1. The van der Waals surface area contributed by atoms with E-state index in [4.69, 9.17) is 0 Å². The second-order valence-corrected chi connectivity index (χ2v) is 5.49. The van der Waals surface area contributed by atoms with Crippen molar-refractivity contribution in [1.29, 1.82) is 0 Å². The molecule has 1 heterocycles. The molecule has 15 heavy (non-hydrogen) atoms. The molecule has 1 aliphatic carbocycles. The molecular weight excluding hydrogens is 204 g/mol. The Morgan fingerprint density at radius 1 is 1.53 bits per heavy atom. The fourth-order valence-electron chi connectivity index (χ4n) is 1.73. The number of nitrogens with zero attached hydrogens (tertiary/aromatic N) is 1. The summed E-state index contributed by atoms with van der Waals surface area (Å²) >= 11 is 1.83. The maximum absolute atomic E-state index is 3.48. The Labute approximate surface area is 96.3 Å². The van der Waals surface area contributed by atoms with E-state index in [0.29, 0.717) is 0 Å². The standard InChI is InChI=1S/C12H20N2S/c1-14(10-11-4-5-11)7-6-13-9-12-3-2-8-15-12/h2-3,8,11,13H,4-7,9-10H2,1H3. The van der Waals surface area contributed by atoms with Crippen molar-refractivity contribution in [2.75, 3.05) is 26.7 Å². The Morgan fingerprint density at radius 2 is 2.40 bits per heavy atom. The van der Waals surface area contributed by atoms with Crippen LogP contribution in [0, 0.1) is 5.92 Å². The van der Waals surface area contributed by atoms with E-state index in [-0.39, 0.29) is 0 Å². The van der Waals surface area contributed by atoms with Gasteiger partial charge in [0, 0.05) is 31.1 Å². The lowest BCUT2D eigenvalue weighted by atomic mass is 10.4. The van der Waals surface area contributed by atoms with Crippen LogP contribution in [0.4, 0.5) is 0 Å². The molecule has 1 fully saturated rings. The summed E-state index contributed by atoms with van der Waals surface area (Å²) in [5, 5.41) is 5.62. The van der Waals surface area contributed by atoms with Crippen molar-refractivity contribution in [2.45, 2.75) is 19.4 Å². The van der Waals surface area contributed by atoms with Crippen LogP contribution in [0.1, 0.15) is 17.7 Å². The molecule has 1 aromatic rings. The smallest absolute Gasteiger partial charge is 0.0300 e. The van der Waals surface area contributed by atoms with Gasteiger partial charge in [0.1, 0.15) is 0 Å². The Hall–Kier alpha value is -0.380. The van der Waals surface area contributed by atoms with Crippen LogP contribution in [-0.2, 0) is 6.54 Å². The van der Waals surface area contributed by atoms with Crippen LogP contribution >= 0.6 is 11.3 Å². The van der Waals surface area contributed by atoms with E-state index in [0.717, 1.165) is 19.0 Å². The van der Waals surface area contributed by atoms with Crippen molar-refractivity contribution in [3.05, 3.63) is 22.4 Å². The minimum absolute atomic E-state index is 1.01. The second kappa shape index (κ2) is 5.64. The van der Waals surface area contributed by atoms with Crippen molar-refractivity contribution < 1.29 is 0 Å². The van der Waals surface area contributed by atoms with Crippen molar-refractivity contribution in [3.8, 4) is 0 Å². The summed E-state index contributed by atoms with van der Waals surface area (Å²) in [5.74, 6) is 1.01. The van der Waals surface area contributed by atoms with E-state index < -0.39 is 0 Å². The lowest BCUT2D eigenvalue weighted by molar-refractivity contribution is 0.318. The van der Waals surface area contributed by atoms with E-state index >= 15 is 0 Å². The van der Waals surface area contributed by atoms with Gasteiger partial charge in [-0.3, -0.25) is 0 Å². The molecule has 0 saturated heterocycles. The highest BCUT2D eigenvalue weighted by Gasteiger charge is 2.22. The summed E-state index contributed by atoms with van der Waals surface area (Å²) in [5.41, 5.74) is 0. The Morgan fingerprint density at radius 3 is 3.07 bits per heavy atom. The van der Waals surface area contributed by atoms with Gasteiger partial charge < -0.3 is 10.2 Å². The van der Waals surface area contributed by atoms with Crippen molar-refractivity contribution in [1.82, 2.24) is 10.2 Å². The number of hydrogen-bond donors (Lipinski definition) is 1. The fourth-order valence-corrected chi connectivity index (χ4v) is 2.40. The first kappa shape index (κ1) is 11.1. The molecule has 2 nitrogen and oxygen atoms in total. The van der Waals surface area contributed by atoms with Crippen molar-refractivity contribution in [2.24, 2.45) is 5.92 Å². The van der Waals surface area contributed by atoms with Gasteiger partial charge in [-0.25, -0.2) is 0 Å². The first-order chi connectivity index (χ1) is 7.34. The predicted molar refractivity (Wildman–Crippen MR) is 66.2 cm³/mol. The topological polar surface area (TPSA) is 15.3 Å². The number of thiophene rings is 1. The molecule has 0 bridgehead atoms. The molecule has 0 unspecified atom stereocenters. The predicted octanol–water partition coefficient (Wildman–Crippen LogP) is 2.18. The molecule has 0 atom stereocenters. The second-order valence-electron chi connectivity index (χ2n) is 4.46. The number of rotatable bonds is 7. The minimum Gasteiger partial charge on any atom is -0.311 e. The lowest BCUT2D eigenvalue weighted by Gasteiger charge is -2.16. The zero-order valence-corrected chi connectivity index (χ0v) is 10.2. The van der Waals surface area contributed by atoms with Gasteiger partial charge in [-0.2, -0.15) is 0 Å². The van der Waals surface area contributed by atoms with Gasteiger partial charge in [0.05, 0.1) is 0 Å². The molecule has 0 aromatic carbocycles. The van der Waals surface area contributed by atoms with Crippen LogP contribution in [-0.4, -0.2) is 31.6 Å². The third kappa shape index (κ3) is 4.33. The van der Waals surface area contributed by atoms with Crippen molar-refractivity contribution in [3.63, 3.8) is 0 Å². The van der Waals surface area contributed by atoms with E-state index in [1.165, 1.54) is 30.8 Å². The summed E-state index contributed by atoms with van der Waals surface area (Å²) in [6.45, 7) is 4.58. The Balaban J connectivity index is 1.50. The molecule has 1 N–H and O–H groups in total. The van der Waals surface area contributed by atoms with Gasteiger partial charge >= 0.3 is 0 Å². The molecule has 0 amide bonds. The average molecular weight is 224 g/mol. The molecule has 1 aliphatic rings. The van der Waals surface area contributed by atoms with E-state index in [1.807, 2.05) is 11.3 Å². The summed E-state index contributed by atoms with van der Waals surface area (Å²) < 4.78 is 0. The zero-order chi connectivity index (χ0) is 10.5. The minimum atomic E-state index is 1.01. The molecule has 1 saturated carbocycles. The number of nitrogens with one attached hydrogen (secondary N) is 1. The van der Waals surface area contributed by atoms with Crippen LogP contribution in [0.25, 0.3) is 0 Å². The van der Waals surface area contributed by atoms with Gasteiger partial charge in [0.25, 0.3) is 0 Å². The largest absolute Gasteiger partial charge is 0.311 e. The number of hydrogen-bond acceptors (Lipinski definition) is 3. The van der Waals surface area contributed by atoms with Crippen LogP contribution < -0.4 is 5.32 Å². The highest BCUT2D eigenvalue weighted by atomic mass is 32.1. The highest BCUT2D eigenvalue weighted by molar-refractivity contribution is 7.09. The third-order valence-corrected chi connectivity index (χ3v) is 3.69. The molecule has 0 radical (unpaired) electrons. The van der Waals surface area contributed by atoms with Crippen LogP contribution in [0.15, 0.2) is 17.5 Å². The molecule has 84 valence electrons. The summed E-state index contributed by atoms with van der Waals surface area (Å²) in [6.07, 6.45) is 2.90. The molecule has 2 rings (SSSR count). The molecule has 0 aliphatic heterocycles. The summed E-state index contributed by atoms with van der Waals surface area (Å²) in [4.78, 5) is 3.87. The molecule has 3 heteroatoms.